The Kier molecular flexibility index (Phi) is 5.59. The highest BCUT2D eigenvalue weighted by molar-refractivity contribution is 6.38. The van der Waals surface area contributed by atoms with Crippen LogP contribution in [-0.2, 0) is 4.79 Å². The number of carbonyl (C=O) groups is 1. The fourth-order valence-corrected chi connectivity index (χ4v) is 2.72. The number of hydrogen-bond donors (Lipinski definition) is 1. The van der Waals surface area contributed by atoms with Crippen molar-refractivity contribution in [3.05, 3.63) is 31.8 Å². The molecule has 0 aliphatic heterocycles. The van der Waals surface area contributed by atoms with E-state index in [2.05, 4.69) is 0 Å². The highest BCUT2D eigenvalue weighted by Crippen LogP contribution is 2.45. The molecule has 0 bridgehead atoms. The van der Waals surface area contributed by atoms with Crippen LogP contribution < -0.4 is 4.74 Å². The summed E-state index contributed by atoms with van der Waals surface area (Å²) < 4.78 is 4.92. The fourth-order valence-electron chi connectivity index (χ4n) is 1.93. The topological polar surface area (TPSA) is 89.7 Å². The van der Waals surface area contributed by atoms with Crippen molar-refractivity contribution in [2.45, 2.75) is 25.7 Å². The largest absolute Gasteiger partial charge is 0.489 e. The van der Waals surface area contributed by atoms with Crippen LogP contribution in [0, 0.1) is 10.1 Å². The fraction of sp³-hybridized carbons (Fsp3) is 0.417. The minimum Gasteiger partial charge on any atom is -0.489 e. The third kappa shape index (κ3) is 3.13. The Balaban J connectivity index is 3.55. The van der Waals surface area contributed by atoms with Gasteiger partial charge in [-0.2, -0.15) is 0 Å². The van der Waals surface area contributed by atoms with Crippen LogP contribution in [0.1, 0.15) is 31.2 Å². The van der Waals surface area contributed by atoms with E-state index in [1.54, 1.807) is 0 Å². The molecule has 1 atom stereocenters. The maximum Gasteiger partial charge on any atom is 0.314 e. The molecule has 0 amide bonds. The van der Waals surface area contributed by atoms with Gasteiger partial charge in [-0.25, -0.2) is 0 Å². The maximum absolute atomic E-state index is 11.3. The summed E-state index contributed by atoms with van der Waals surface area (Å²) in [5, 5.41) is 20.0. The Morgan fingerprint density at radius 1 is 1.55 bits per heavy atom. The number of carboxylic acids is 1. The Morgan fingerprint density at radius 2 is 2.15 bits per heavy atom. The van der Waals surface area contributed by atoms with Gasteiger partial charge in [0.2, 0.25) is 5.75 Å². The molecular weight excluding hydrogens is 309 g/mol. The van der Waals surface area contributed by atoms with Crippen LogP contribution in [0.25, 0.3) is 0 Å². The first-order valence-electron chi connectivity index (χ1n) is 5.78. The molecule has 20 heavy (non-hydrogen) atoms. The third-order valence-corrected chi connectivity index (χ3v) is 3.50. The molecule has 0 saturated heterocycles. The molecule has 1 rings (SSSR count). The smallest absolute Gasteiger partial charge is 0.314 e. The Labute approximate surface area is 125 Å². The lowest BCUT2D eigenvalue weighted by Gasteiger charge is -2.17. The summed E-state index contributed by atoms with van der Waals surface area (Å²) >= 11 is 12.0. The zero-order valence-corrected chi connectivity index (χ0v) is 12.4. The molecule has 0 spiro atoms. The van der Waals surface area contributed by atoms with Gasteiger partial charge in [-0.15, -0.1) is 0 Å². The second-order valence-corrected chi connectivity index (χ2v) is 4.86. The van der Waals surface area contributed by atoms with E-state index in [0.717, 1.165) is 6.07 Å². The second-order valence-electron chi connectivity index (χ2n) is 4.08. The maximum atomic E-state index is 11.3. The van der Waals surface area contributed by atoms with Crippen LogP contribution in [-0.4, -0.2) is 23.1 Å². The molecule has 110 valence electrons. The molecular formula is C12H13Cl2NO5. The summed E-state index contributed by atoms with van der Waals surface area (Å²) in [6.45, 7) is 1.82. The minimum absolute atomic E-state index is 0.0525. The van der Waals surface area contributed by atoms with Crippen molar-refractivity contribution in [1.29, 1.82) is 0 Å². The highest BCUT2D eigenvalue weighted by atomic mass is 35.5. The number of nitro benzene ring substituents is 1. The Bertz CT molecular complexity index is 547. The molecule has 8 heteroatoms. The number of rotatable bonds is 6. The third-order valence-electron chi connectivity index (χ3n) is 2.81. The molecule has 0 unspecified atom stereocenters. The van der Waals surface area contributed by atoms with E-state index in [1.807, 2.05) is 6.92 Å². The summed E-state index contributed by atoms with van der Waals surface area (Å²) in [4.78, 5) is 21.6. The van der Waals surface area contributed by atoms with Crippen LogP contribution in [0.4, 0.5) is 5.69 Å². The van der Waals surface area contributed by atoms with Crippen molar-refractivity contribution < 1.29 is 19.6 Å². The first-order chi connectivity index (χ1) is 9.34. The Hall–Kier alpha value is -1.53. The van der Waals surface area contributed by atoms with Gasteiger partial charge in [-0.1, -0.05) is 36.5 Å². The second kappa shape index (κ2) is 6.76. The molecule has 0 aliphatic rings. The van der Waals surface area contributed by atoms with E-state index < -0.39 is 22.5 Å². The number of methoxy groups -OCH3 is 1. The van der Waals surface area contributed by atoms with E-state index in [-0.39, 0.29) is 21.4 Å². The van der Waals surface area contributed by atoms with Crippen molar-refractivity contribution in [3.8, 4) is 5.75 Å². The first-order valence-corrected chi connectivity index (χ1v) is 6.53. The SMILES string of the molecule is CCC[C@H](C(=O)O)c1c(Cl)cc([N+](=O)[O-])c(OC)c1Cl. The van der Waals surface area contributed by atoms with E-state index in [4.69, 9.17) is 27.9 Å². The lowest BCUT2D eigenvalue weighted by Crippen LogP contribution is -2.13. The molecule has 1 N–H and O–H groups in total. The average Bonchev–Trinajstić information content (AvgIpc) is 2.36. The molecule has 1 aromatic carbocycles. The minimum atomic E-state index is -1.09. The average molecular weight is 322 g/mol. The summed E-state index contributed by atoms with van der Waals surface area (Å²) in [6.07, 6.45) is 0.915. The van der Waals surface area contributed by atoms with Gasteiger partial charge in [0.25, 0.3) is 0 Å². The van der Waals surface area contributed by atoms with Gasteiger partial charge in [-0.3, -0.25) is 14.9 Å². The van der Waals surface area contributed by atoms with Gasteiger partial charge < -0.3 is 9.84 Å². The molecule has 1 aromatic rings. The highest BCUT2D eigenvalue weighted by Gasteiger charge is 2.31. The molecule has 0 aromatic heterocycles. The van der Waals surface area contributed by atoms with Crippen LogP contribution >= 0.6 is 23.2 Å². The lowest BCUT2D eigenvalue weighted by atomic mass is 9.94. The standard InChI is InChI=1S/C12H13Cl2NO5/c1-3-4-6(12(16)17)9-7(13)5-8(15(18)19)11(20-2)10(9)14/h5-6H,3-4H2,1-2H3,(H,16,17)/t6-/m0/s1. The van der Waals surface area contributed by atoms with Gasteiger partial charge in [0.1, 0.15) is 0 Å². The van der Waals surface area contributed by atoms with E-state index >= 15 is 0 Å². The number of ether oxygens (including phenoxy) is 1. The van der Waals surface area contributed by atoms with Crippen LogP contribution in [0.2, 0.25) is 10.0 Å². The molecule has 0 fully saturated rings. The summed E-state index contributed by atoms with van der Waals surface area (Å²) in [6, 6.07) is 1.06. The van der Waals surface area contributed by atoms with Gasteiger partial charge in [-0.05, 0) is 6.42 Å². The molecule has 0 heterocycles. The number of aliphatic carboxylic acids is 1. The van der Waals surface area contributed by atoms with Crippen molar-refractivity contribution in [1.82, 2.24) is 0 Å². The van der Waals surface area contributed by atoms with E-state index in [1.165, 1.54) is 7.11 Å². The number of nitrogens with zero attached hydrogens (tertiary/aromatic N) is 1. The normalized spacial score (nSPS) is 12.0. The summed E-state index contributed by atoms with van der Waals surface area (Å²) in [7, 11) is 1.22. The van der Waals surface area contributed by atoms with Gasteiger partial charge in [0.05, 0.1) is 28.0 Å². The number of nitro groups is 1. The van der Waals surface area contributed by atoms with E-state index in [9.17, 15) is 20.0 Å². The number of carboxylic acid groups (broad SMARTS) is 1. The van der Waals surface area contributed by atoms with Crippen molar-refractivity contribution in [2.24, 2.45) is 0 Å². The zero-order chi connectivity index (χ0) is 15.4. The molecule has 0 aliphatic carbocycles. The summed E-state index contributed by atoms with van der Waals surface area (Å²) in [5.41, 5.74) is -0.253. The Morgan fingerprint density at radius 3 is 2.55 bits per heavy atom. The van der Waals surface area contributed by atoms with Crippen LogP contribution in [0.15, 0.2) is 6.07 Å². The number of halogens is 2. The van der Waals surface area contributed by atoms with Crippen molar-refractivity contribution in [3.63, 3.8) is 0 Å². The van der Waals surface area contributed by atoms with Crippen LogP contribution in [0.3, 0.4) is 0 Å². The van der Waals surface area contributed by atoms with Crippen molar-refractivity contribution >= 4 is 34.9 Å². The van der Waals surface area contributed by atoms with Crippen molar-refractivity contribution in [2.75, 3.05) is 7.11 Å². The van der Waals surface area contributed by atoms with E-state index in [0.29, 0.717) is 12.8 Å². The monoisotopic (exact) mass is 321 g/mol. The van der Waals surface area contributed by atoms with Gasteiger partial charge in [0.15, 0.2) is 0 Å². The zero-order valence-electron chi connectivity index (χ0n) is 10.9. The quantitative estimate of drug-likeness (QED) is 0.634. The first kappa shape index (κ1) is 16.5. The predicted molar refractivity (Wildman–Crippen MR) is 75.0 cm³/mol. The predicted octanol–water partition coefficient (Wildman–Crippen LogP) is 3.88. The van der Waals surface area contributed by atoms with Gasteiger partial charge in [0, 0.05) is 11.6 Å². The molecule has 0 radical (unpaired) electrons. The molecule has 6 nitrogen and oxygen atoms in total. The lowest BCUT2D eigenvalue weighted by molar-refractivity contribution is -0.385. The molecule has 0 saturated carbocycles. The van der Waals surface area contributed by atoms with Gasteiger partial charge >= 0.3 is 11.7 Å². The van der Waals surface area contributed by atoms with Crippen LogP contribution in [0.5, 0.6) is 5.75 Å². The number of hydrogen-bond acceptors (Lipinski definition) is 4. The number of benzene rings is 1. The summed E-state index contributed by atoms with van der Waals surface area (Å²) in [5.74, 6) is -2.21.